The van der Waals surface area contributed by atoms with Gasteiger partial charge in [-0.2, -0.15) is 0 Å². The van der Waals surface area contributed by atoms with Gasteiger partial charge in [-0.1, -0.05) is 12.1 Å². The van der Waals surface area contributed by atoms with Crippen molar-refractivity contribution in [2.45, 2.75) is 25.3 Å². The predicted molar refractivity (Wildman–Crippen MR) is 65.9 cm³/mol. The summed E-state index contributed by atoms with van der Waals surface area (Å²) in [7, 11) is 1.65. The van der Waals surface area contributed by atoms with Crippen molar-refractivity contribution in [3.8, 4) is 5.75 Å². The molecule has 1 aromatic carbocycles. The zero-order chi connectivity index (χ0) is 12.3. The molecule has 1 amide bonds. The first kappa shape index (κ1) is 11.9. The van der Waals surface area contributed by atoms with E-state index >= 15 is 0 Å². The second-order valence-corrected chi connectivity index (χ2v) is 4.32. The Morgan fingerprint density at radius 2 is 2.35 bits per heavy atom. The number of rotatable bonds is 3. The largest absolute Gasteiger partial charge is 0.496 e. The molecule has 0 aromatic heterocycles. The summed E-state index contributed by atoms with van der Waals surface area (Å²) >= 11 is 0. The first-order valence-corrected chi connectivity index (χ1v) is 5.88. The number of amides is 1. The topological polar surface area (TPSA) is 64.3 Å². The molecule has 0 unspecified atom stereocenters. The van der Waals surface area contributed by atoms with Crippen LogP contribution in [-0.4, -0.2) is 19.6 Å². The van der Waals surface area contributed by atoms with Crippen LogP contribution in [0.5, 0.6) is 5.75 Å². The van der Waals surface area contributed by atoms with Crippen LogP contribution in [-0.2, 0) is 11.3 Å². The molecule has 3 N–H and O–H groups in total. The fraction of sp³-hybridized carbons (Fsp3) is 0.462. The van der Waals surface area contributed by atoms with Gasteiger partial charge in [-0.15, -0.1) is 0 Å². The van der Waals surface area contributed by atoms with E-state index < -0.39 is 0 Å². The van der Waals surface area contributed by atoms with Gasteiger partial charge in [0.15, 0.2) is 0 Å². The molecular weight excluding hydrogens is 216 g/mol. The second kappa shape index (κ2) is 5.19. The lowest BCUT2D eigenvalue weighted by Gasteiger charge is -2.24. The van der Waals surface area contributed by atoms with Crippen molar-refractivity contribution < 1.29 is 9.53 Å². The zero-order valence-electron chi connectivity index (χ0n) is 10.0. The van der Waals surface area contributed by atoms with Crippen LogP contribution in [0.4, 0.5) is 0 Å². The maximum atomic E-state index is 11.4. The number of carbonyl (C=O) groups is 1. The molecular formula is C13H18N2O2. The number of carbonyl (C=O) groups excluding carboxylic acids is 1. The minimum Gasteiger partial charge on any atom is -0.496 e. The van der Waals surface area contributed by atoms with Crippen molar-refractivity contribution in [1.29, 1.82) is 0 Å². The zero-order valence-corrected chi connectivity index (χ0v) is 10.0. The SMILES string of the molecule is COc1cc(CN)ccc1[C@@H]1CCNC(=O)C1. The second-order valence-electron chi connectivity index (χ2n) is 4.32. The molecule has 1 heterocycles. The molecule has 1 fully saturated rings. The van der Waals surface area contributed by atoms with Gasteiger partial charge in [0.1, 0.15) is 5.75 Å². The summed E-state index contributed by atoms with van der Waals surface area (Å²) in [4.78, 5) is 11.4. The van der Waals surface area contributed by atoms with Gasteiger partial charge in [-0.05, 0) is 29.5 Å². The van der Waals surface area contributed by atoms with Crippen molar-refractivity contribution in [1.82, 2.24) is 5.32 Å². The number of nitrogens with two attached hydrogens (primary N) is 1. The van der Waals surface area contributed by atoms with Gasteiger partial charge in [0.25, 0.3) is 0 Å². The van der Waals surface area contributed by atoms with E-state index in [9.17, 15) is 4.79 Å². The van der Waals surface area contributed by atoms with Crippen LogP contribution < -0.4 is 15.8 Å². The highest BCUT2D eigenvalue weighted by atomic mass is 16.5. The summed E-state index contributed by atoms with van der Waals surface area (Å²) in [6.45, 7) is 1.24. The number of benzene rings is 1. The van der Waals surface area contributed by atoms with Crippen LogP contribution in [0, 0.1) is 0 Å². The van der Waals surface area contributed by atoms with E-state index in [0.29, 0.717) is 13.0 Å². The van der Waals surface area contributed by atoms with Crippen molar-refractivity contribution >= 4 is 5.91 Å². The lowest BCUT2D eigenvalue weighted by Crippen LogP contribution is -2.32. The molecule has 0 saturated carbocycles. The Kier molecular flexibility index (Phi) is 3.64. The Morgan fingerprint density at radius 3 is 3.00 bits per heavy atom. The van der Waals surface area contributed by atoms with Crippen LogP contribution in [0.1, 0.15) is 29.9 Å². The molecule has 0 bridgehead atoms. The summed E-state index contributed by atoms with van der Waals surface area (Å²) in [5.74, 6) is 1.21. The number of nitrogens with one attached hydrogen (secondary N) is 1. The quantitative estimate of drug-likeness (QED) is 0.824. The van der Waals surface area contributed by atoms with Crippen molar-refractivity contribution in [2.75, 3.05) is 13.7 Å². The van der Waals surface area contributed by atoms with Crippen LogP contribution in [0.2, 0.25) is 0 Å². The monoisotopic (exact) mass is 234 g/mol. The predicted octanol–water partition coefficient (Wildman–Crippen LogP) is 1.15. The molecule has 0 aliphatic carbocycles. The average Bonchev–Trinajstić information content (AvgIpc) is 2.38. The van der Waals surface area contributed by atoms with Gasteiger partial charge < -0.3 is 15.8 Å². The molecule has 17 heavy (non-hydrogen) atoms. The van der Waals surface area contributed by atoms with Gasteiger partial charge in [0.2, 0.25) is 5.91 Å². The van der Waals surface area contributed by atoms with Crippen LogP contribution in [0.3, 0.4) is 0 Å². The molecule has 1 aliphatic heterocycles. The van der Waals surface area contributed by atoms with Crippen molar-refractivity contribution in [2.24, 2.45) is 5.73 Å². The van der Waals surface area contributed by atoms with Crippen LogP contribution in [0.25, 0.3) is 0 Å². The lowest BCUT2D eigenvalue weighted by molar-refractivity contribution is -0.122. The summed E-state index contributed by atoms with van der Waals surface area (Å²) in [5.41, 5.74) is 7.76. The Balaban J connectivity index is 2.27. The number of hydrogen-bond acceptors (Lipinski definition) is 3. The normalized spacial score (nSPS) is 19.9. The third kappa shape index (κ3) is 2.58. The van der Waals surface area contributed by atoms with E-state index in [1.165, 1.54) is 0 Å². The van der Waals surface area contributed by atoms with E-state index in [2.05, 4.69) is 5.32 Å². The highest BCUT2D eigenvalue weighted by Gasteiger charge is 2.23. The number of piperidine rings is 1. The average molecular weight is 234 g/mol. The molecule has 0 radical (unpaired) electrons. The van der Waals surface area contributed by atoms with Gasteiger partial charge in [0.05, 0.1) is 7.11 Å². The maximum absolute atomic E-state index is 11.4. The molecule has 92 valence electrons. The van der Waals surface area contributed by atoms with Crippen molar-refractivity contribution in [3.05, 3.63) is 29.3 Å². The summed E-state index contributed by atoms with van der Waals surface area (Å²) in [6.07, 6.45) is 1.50. The molecule has 1 aliphatic rings. The van der Waals surface area contributed by atoms with E-state index in [-0.39, 0.29) is 11.8 Å². The van der Waals surface area contributed by atoms with E-state index in [1.807, 2.05) is 18.2 Å². The number of methoxy groups -OCH3 is 1. The van der Waals surface area contributed by atoms with Gasteiger partial charge in [0, 0.05) is 19.5 Å². The third-order valence-corrected chi connectivity index (χ3v) is 3.22. The highest BCUT2D eigenvalue weighted by Crippen LogP contribution is 2.33. The first-order chi connectivity index (χ1) is 8.24. The Morgan fingerprint density at radius 1 is 1.53 bits per heavy atom. The van der Waals surface area contributed by atoms with E-state index in [1.54, 1.807) is 7.11 Å². The summed E-state index contributed by atoms with van der Waals surface area (Å²) < 4.78 is 5.39. The third-order valence-electron chi connectivity index (χ3n) is 3.22. The van der Waals surface area contributed by atoms with E-state index in [0.717, 1.165) is 29.8 Å². The molecule has 1 saturated heterocycles. The van der Waals surface area contributed by atoms with Crippen molar-refractivity contribution in [3.63, 3.8) is 0 Å². The molecule has 1 aromatic rings. The van der Waals surface area contributed by atoms with Crippen LogP contribution in [0.15, 0.2) is 18.2 Å². The molecule has 0 spiro atoms. The number of ether oxygens (including phenoxy) is 1. The Labute approximate surface area is 101 Å². The fourth-order valence-electron chi connectivity index (χ4n) is 2.27. The van der Waals surface area contributed by atoms with E-state index in [4.69, 9.17) is 10.5 Å². The maximum Gasteiger partial charge on any atom is 0.220 e. The number of hydrogen-bond donors (Lipinski definition) is 2. The highest BCUT2D eigenvalue weighted by molar-refractivity contribution is 5.77. The lowest BCUT2D eigenvalue weighted by atomic mass is 9.88. The van der Waals surface area contributed by atoms with Gasteiger partial charge >= 0.3 is 0 Å². The minimum absolute atomic E-state index is 0.117. The Hall–Kier alpha value is -1.55. The molecule has 2 rings (SSSR count). The van der Waals surface area contributed by atoms with Gasteiger partial charge in [-0.25, -0.2) is 0 Å². The standard InChI is InChI=1S/C13H18N2O2/c1-17-12-6-9(8-14)2-3-11(12)10-4-5-15-13(16)7-10/h2-3,6,10H,4-5,7-8,14H2,1H3,(H,15,16)/t10-/m1/s1. The summed E-state index contributed by atoms with van der Waals surface area (Å²) in [5, 5.41) is 2.84. The minimum atomic E-state index is 0.117. The first-order valence-electron chi connectivity index (χ1n) is 5.88. The van der Waals surface area contributed by atoms with Gasteiger partial charge in [-0.3, -0.25) is 4.79 Å². The molecule has 4 heteroatoms. The molecule has 1 atom stereocenters. The molecule has 4 nitrogen and oxygen atoms in total. The Bertz CT molecular complexity index is 418. The summed E-state index contributed by atoms with van der Waals surface area (Å²) in [6, 6.07) is 6.00. The smallest absolute Gasteiger partial charge is 0.220 e. The van der Waals surface area contributed by atoms with Crippen LogP contribution >= 0.6 is 0 Å². The fourth-order valence-corrected chi connectivity index (χ4v) is 2.27.